The predicted octanol–water partition coefficient (Wildman–Crippen LogP) is 1.64. The van der Waals surface area contributed by atoms with E-state index in [-0.39, 0.29) is 24.3 Å². The molecule has 2 unspecified atom stereocenters. The average molecular weight is 421 g/mol. The summed E-state index contributed by atoms with van der Waals surface area (Å²) in [7, 11) is 1.97. The van der Waals surface area contributed by atoms with Gasteiger partial charge in [0.1, 0.15) is 6.54 Å². The molecular weight excluding hydrogens is 403 g/mol. The maximum atomic E-state index is 12.7. The first-order valence-corrected chi connectivity index (χ1v) is 8.63. The van der Waals surface area contributed by atoms with Crippen LogP contribution >= 0.6 is 22.6 Å². The number of halogens is 1. The molecule has 118 valence electrons. The number of amides is 2. The fourth-order valence-corrected chi connectivity index (χ4v) is 3.28. The molecule has 3 rings (SSSR count). The lowest BCUT2D eigenvalue weighted by molar-refractivity contribution is -0.908. The summed E-state index contributed by atoms with van der Waals surface area (Å²) in [6.45, 7) is 0.727. The van der Waals surface area contributed by atoms with E-state index in [0.717, 1.165) is 20.6 Å². The molecule has 23 heavy (non-hydrogen) atoms. The molecule has 2 aromatic rings. The first kappa shape index (κ1) is 16.1. The van der Waals surface area contributed by atoms with Gasteiger partial charge in [0.25, 0.3) is 5.91 Å². The lowest BCUT2D eigenvalue weighted by atomic mass is 10.1. The smallest absolute Gasteiger partial charge is 0.292 e. The number of carbonyl (C=O) groups excluding carboxylic acids is 2. The van der Waals surface area contributed by atoms with Gasteiger partial charge in [0, 0.05) is 9.13 Å². The van der Waals surface area contributed by atoms with Crippen LogP contribution in [-0.2, 0) is 16.1 Å². The minimum atomic E-state index is -0.318. The van der Waals surface area contributed by atoms with E-state index in [1.807, 2.05) is 61.6 Å². The number of hydrogen-bond acceptors (Lipinski definition) is 2. The quantitative estimate of drug-likeness (QED) is 0.603. The number of nitrogens with zero attached hydrogens (tertiary/aromatic N) is 1. The van der Waals surface area contributed by atoms with Crippen LogP contribution in [-0.4, -0.2) is 24.9 Å². The molecule has 0 aliphatic carbocycles. The van der Waals surface area contributed by atoms with E-state index in [2.05, 4.69) is 22.6 Å². The van der Waals surface area contributed by atoms with E-state index >= 15 is 0 Å². The molecule has 2 atom stereocenters. The summed E-state index contributed by atoms with van der Waals surface area (Å²) in [6, 6.07) is 17.2. The second kappa shape index (κ2) is 6.80. The van der Waals surface area contributed by atoms with Gasteiger partial charge in [-0.25, -0.2) is 4.90 Å². The molecule has 0 spiro atoms. The largest absolute Gasteiger partial charge is 0.323 e. The topological polar surface area (TPSA) is 41.8 Å². The second-order valence-corrected chi connectivity index (χ2v) is 7.05. The Bertz CT molecular complexity index is 716. The number of quaternary nitrogens is 1. The van der Waals surface area contributed by atoms with Crippen LogP contribution in [0.15, 0.2) is 54.6 Å². The number of rotatable bonds is 4. The van der Waals surface area contributed by atoms with Crippen molar-refractivity contribution in [1.29, 1.82) is 0 Å². The van der Waals surface area contributed by atoms with E-state index in [1.54, 1.807) is 0 Å². The standard InChI is InChI=1S/C18H17IN2O2/c1-20(12-13-5-3-2-4-6-13)16-11-17(22)21(18(16)23)15-9-7-14(19)8-10-15/h2-10,16H,11-12H2,1H3/p+1. The minimum absolute atomic E-state index is 0.107. The maximum Gasteiger partial charge on any atom is 0.292 e. The fraction of sp³-hybridized carbons (Fsp3) is 0.222. The Morgan fingerprint density at radius 1 is 1.09 bits per heavy atom. The molecule has 1 saturated heterocycles. The van der Waals surface area contributed by atoms with Crippen molar-refractivity contribution in [3.8, 4) is 0 Å². The second-order valence-electron chi connectivity index (χ2n) is 5.81. The molecule has 1 fully saturated rings. The summed E-state index contributed by atoms with van der Waals surface area (Å²) in [5.41, 5.74) is 1.83. The first-order chi connectivity index (χ1) is 11.1. The van der Waals surface area contributed by atoms with Gasteiger partial charge in [0.2, 0.25) is 5.91 Å². The number of nitrogens with one attached hydrogen (secondary N) is 1. The Morgan fingerprint density at radius 3 is 2.39 bits per heavy atom. The Balaban J connectivity index is 1.76. The van der Waals surface area contributed by atoms with E-state index in [9.17, 15) is 9.59 Å². The van der Waals surface area contributed by atoms with Crippen molar-refractivity contribution in [2.75, 3.05) is 11.9 Å². The summed E-state index contributed by atoms with van der Waals surface area (Å²) >= 11 is 2.20. The van der Waals surface area contributed by atoms with Crippen molar-refractivity contribution in [1.82, 2.24) is 0 Å². The van der Waals surface area contributed by atoms with E-state index < -0.39 is 0 Å². The maximum absolute atomic E-state index is 12.7. The molecule has 1 aliphatic rings. The molecule has 0 aromatic heterocycles. The van der Waals surface area contributed by atoms with Crippen LogP contribution in [0, 0.1) is 3.57 Å². The summed E-state index contributed by atoms with van der Waals surface area (Å²) in [5, 5.41) is 0. The number of hydrogen-bond donors (Lipinski definition) is 1. The van der Waals surface area contributed by atoms with Gasteiger partial charge in [0.05, 0.1) is 19.2 Å². The highest BCUT2D eigenvalue weighted by atomic mass is 127. The summed E-state index contributed by atoms with van der Waals surface area (Å²) in [6.07, 6.45) is 0.267. The van der Waals surface area contributed by atoms with Gasteiger partial charge in [-0.2, -0.15) is 0 Å². The summed E-state index contributed by atoms with van der Waals surface area (Å²) in [4.78, 5) is 27.4. The lowest BCUT2D eigenvalue weighted by Gasteiger charge is -2.20. The van der Waals surface area contributed by atoms with E-state index in [1.165, 1.54) is 4.90 Å². The molecule has 4 nitrogen and oxygen atoms in total. The molecule has 1 aliphatic heterocycles. The van der Waals surface area contributed by atoms with E-state index in [0.29, 0.717) is 5.69 Å². The van der Waals surface area contributed by atoms with Gasteiger partial charge in [-0.15, -0.1) is 0 Å². The number of likely N-dealkylation sites (N-methyl/N-ethyl adjacent to an activating group) is 1. The van der Waals surface area contributed by atoms with Gasteiger partial charge in [-0.1, -0.05) is 30.3 Å². The number of benzene rings is 2. The zero-order valence-corrected chi connectivity index (χ0v) is 15.0. The normalized spacial score (nSPS) is 19.2. The third kappa shape index (κ3) is 3.45. The Hall–Kier alpha value is -1.73. The summed E-state index contributed by atoms with van der Waals surface area (Å²) < 4.78 is 1.08. The molecule has 1 N–H and O–H groups in total. The molecule has 2 amide bonds. The van der Waals surface area contributed by atoms with Gasteiger partial charge >= 0.3 is 0 Å². The van der Waals surface area contributed by atoms with Crippen LogP contribution < -0.4 is 9.80 Å². The van der Waals surface area contributed by atoms with E-state index in [4.69, 9.17) is 0 Å². The third-order valence-electron chi connectivity index (χ3n) is 4.15. The van der Waals surface area contributed by atoms with Crippen LogP contribution in [0.5, 0.6) is 0 Å². The zero-order chi connectivity index (χ0) is 16.4. The van der Waals surface area contributed by atoms with Crippen LogP contribution in [0.25, 0.3) is 0 Å². The van der Waals surface area contributed by atoms with Crippen LogP contribution in [0.1, 0.15) is 12.0 Å². The molecule has 5 heteroatoms. The number of anilines is 1. The van der Waals surface area contributed by atoms with Crippen molar-refractivity contribution < 1.29 is 14.5 Å². The molecule has 0 radical (unpaired) electrons. The highest BCUT2D eigenvalue weighted by Gasteiger charge is 2.44. The Kier molecular flexibility index (Phi) is 4.77. The van der Waals surface area contributed by atoms with Gasteiger partial charge < -0.3 is 4.90 Å². The molecular formula is C18H18IN2O2+. The SMILES string of the molecule is C[NH+](Cc1ccccc1)C1CC(=O)N(c2ccc(I)cc2)C1=O. The lowest BCUT2D eigenvalue weighted by Crippen LogP contribution is -3.12. The average Bonchev–Trinajstić information content (AvgIpc) is 2.84. The molecule has 0 saturated carbocycles. The fourth-order valence-electron chi connectivity index (χ4n) is 2.92. The monoisotopic (exact) mass is 421 g/mol. The van der Waals surface area contributed by atoms with Gasteiger partial charge in [0.15, 0.2) is 6.04 Å². The van der Waals surface area contributed by atoms with Gasteiger partial charge in [-0.3, -0.25) is 9.59 Å². The number of carbonyl (C=O) groups is 2. The molecule has 2 aromatic carbocycles. The highest BCUT2D eigenvalue weighted by Crippen LogP contribution is 2.22. The Morgan fingerprint density at radius 2 is 1.74 bits per heavy atom. The van der Waals surface area contributed by atoms with Crippen molar-refractivity contribution >= 4 is 40.1 Å². The van der Waals surface area contributed by atoms with Crippen molar-refractivity contribution in [2.24, 2.45) is 0 Å². The summed E-state index contributed by atoms with van der Waals surface area (Å²) in [5.74, 6) is -0.224. The van der Waals surface area contributed by atoms with Crippen molar-refractivity contribution in [3.05, 3.63) is 63.7 Å². The first-order valence-electron chi connectivity index (χ1n) is 7.55. The van der Waals surface area contributed by atoms with Gasteiger partial charge in [-0.05, 0) is 46.9 Å². The Labute approximate surface area is 149 Å². The highest BCUT2D eigenvalue weighted by molar-refractivity contribution is 14.1. The van der Waals surface area contributed by atoms with Crippen molar-refractivity contribution in [2.45, 2.75) is 19.0 Å². The van der Waals surface area contributed by atoms with Crippen LogP contribution in [0.3, 0.4) is 0 Å². The zero-order valence-electron chi connectivity index (χ0n) is 12.8. The van der Waals surface area contributed by atoms with Crippen LogP contribution in [0.2, 0.25) is 0 Å². The van der Waals surface area contributed by atoms with Crippen LogP contribution in [0.4, 0.5) is 5.69 Å². The van der Waals surface area contributed by atoms with Crippen molar-refractivity contribution in [3.63, 3.8) is 0 Å². The minimum Gasteiger partial charge on any atom is -0.323 e. The number of imide groups is 1. The predicted molar refractivity (Wildman–Crippen MR) is 97.1 cm³/mol. The third-order valence-corrected chi connectivity index (χ3v) is 4.87. The molecule has 1 heterocycles. The molecule has 0 bridgehead atoms.